The van der Waals surface area contributed by atoms with Crippen LogP contribution in [0.15, 0.2) is 0 Å². The molecule has 2 fully saturated rings. The quantitative estimate of drug-likeness (QED) is 0.825. The van der Waals surface area contributed by atoms with Gasteiger partial charge in [0.05, 0.1) is 0 Å². The molecule has 1 N–H and O–H groups in total. The van der Waals surface area contributed by atoms with Crippen molar-refractivity contribution < 1.29 is 0 Å². The monoisotopic (exact) mass is 252 g/mol. The minimum absolute atomic E-state index is 0.330. The third kappa shape index (κ3) is 2.91. The highest BCUT2D eigenvalue weighted by atomic mass is 15.3. The maximum Gasteiger partial charge on any atom is 0.0309 e. The van der Waals surface area contributed by atoms with E-state index < -0.39 is 0 Å². The van der Waals surface area contributed by atoms with Crippen LogP contribution in [0.1, 0.15) is 66.2 Å². The van der Waals surface area contributed by atoms with E-state index in [1.807, 2.05) is 0 Å². The summed E-state index contributed by atoms with van der Waals surface area (Å²) in [5.41, 5.74) is 0.790. The van der Waals surface area contributed by atoms with Gasteiger partial charge >= 0.3 is 0 Å². The van der Waals surface area contributed by atoms with E-state index in [0.717, 1.165) is 12.5 Å². The molecule has 0 aromatic heterocycles. The van der Waals surface area contributed by atoms with Crippen LogP contribution in [0.25, 0.3) is 0 Å². The second kappa shape index (κ2) is 5.50. The second-order valence-corrected chi connectivity index (χ2v) is 7.22. The fourth-order valence-electron chi connectivity index (χ4n) is 3.71. The van der Waals surface area contributed by atoms with Crippen molar-refractivity contribution in [3.63, 3.8) is 0 Å². The van der Waals surface area contributed by atoms with E-state index in [4.69, 9.17) is 0 Å². The van der Waals surface area contributed by atoms with Crippen LogP contribution >= 0.6 is 0 Å². The Kier molecular flexibility index (Phi) is 4.38. The van der Waals surface area contributed by atoms with Crippen molar-refractivity contribution >= 4 is 0 Å². The fraction of sp³-hybridized carbons (Fsp3) is 1.00. The number of piperazine rings is 1. The lowest BCUT2D eigenvalue weighted by Crippen LogP contribution is -2.67. The fourth-order valence-corrected chi connectivity index (χ4v) is 3.71. The number of nitrogens with zero attached hydrogens (tertiary/aromatic N) is 1. The molecule has 1 saturated carbocycles. The molecular formula is C16H32N2. The molecule has 0 atom stereocenters. The zero-order valence-corrected chi connectivity index (χ0v) is 12.9. The maximum absolute atomic E-state index is 3.88. The molecule has 2 aliphatic rings. The number of hydrogen-bond donors (Lipinski definition) is 1. The first kappa shape index (κ1) is 14.3. The van der Waals surface area contributed by atoms with Crippen LogP contribution < -0.4 is 5.32 Å². The van der Waals surface area contributed by atoms with Gasteiger partial charge in [0.1, 0.15) is 0 Å². The first-order valence-corrected chi connectivity index (χ1v) is 8.01. The average Bonchev–Trinajstić information content (AvgIpc) is 2.80. The predicted octanol–water partition coefficient (Wildman–Crippen LogP) is 3.42. The molecule has 18 heavy (non-hydrogen) atoms. The predicted molar refractivity (Wildman–Crippen MR) is 78.9 cm³/mol. The topological polar surface area (TPSA) is 15.3 Å². The van der Waals surface area contributed by atoms with E-state index in [2.05, 4.69) is 37.9 Å². The van der Waals surface area contributed by atoms with Gasteiger partial charge in [0.15, 0.2) is 0 Å². The molecule has 0 aromatic carbocycles. The van der Waals surface area contributed by atoms with Crippen LogP contribution in [-0.2, 0) is 0 Å². The summed E-state index contributed by atoms with van der Waals surface area (Å²) in [6.07, 6.45) is 8.27. The maximum atomic E-state index is 3.88. The van der Waals surface area contributed by atoms with E-state index in [9.17, 15) is 0 Å². The smallest absolute Gasteiger partial charge is 0.0309 e. The van der Waals surface area contributed by atoms with E-state index in [-0.39, 0.29) is 0 Å². The zero-order valence-electron chi connectivity index (χ0n) is 12.9. The summed E-state index contributed by atoms with van der Waals surface area (Å²) in [5, 5.41) is 3.88. The van der Waals surface area contributed by atoms with Gasteiger partial charge in [0.2, 0.25) is 0 Å². The molecule has 1 saturated heterocycles. The van der Waals surface area contributed by atoms with Crippen molar-refractivity contribution in [2.24, 2.45) is 5.92 Å². The SMILES string of the molecule is CCC(CC)CN1CC2(CCCC2)NCC1(C)C. The van der Waals surface area contributed by atoms with Gasteiger partial charge in [0, 0.05) is 30.7 Å². The normalized spacial score (nSPS) is 27.2. The molecule has 2 rings (SSSR count). The Labute approximate surface area is 114 Å². The minimum atomic E-state index is 0.330. The van der Waals surface area contributed by atoms with Crippen LogP contribution in [0.2, 0.25) is 0 Å². The largest absolute Gasteiger partial charge is 0.308 e. The molecule has 0 radical (unpaired) electrons. The Balaban J connectivity index is 2.03. The van der Waals surface area contributed by atoms with Gasteiger partial charge in [-0.3, -0.25) is 4.90 Å². The van der Waals surface area contributed by atoms with Crippen LogP contribution in [0.5, 0.6) is 0 Å². The van der Waals surface area contributed by atoms with Crippen LogP contribution in [0.4, 0.5) is 0 Å². The molecule has 2 heteroatoms. The van der Waals surface area contributed by atoms with Gasteiger partial charge in [-0.2, -0.15) is 0 Å². The summed E-state index contributed by atoms with van der Waals surface area (Å²) in [7, 11) is 0. The Morgan fingerprint density at radius 1 is 1.11 bits per heavy atom. The van der Waals surface area contributed by atoms with Gasteiger partial charge in [-0.05, 0) is 32.6 Å². The van der Waals surface area contributed by atoms with Crippen LogP contribution in [0.3, 0.4) is 0 Å². The molecule has 1 aliphatic carbocycles. The van der Waals surface area contributed by atoms with Gasteiger partial charge in [-0.1, -0.05) is 39.5 Å². The van der Waals surface area contributed by atoms with E-state index in [0.29, 0.717) is 11.1 Å². The first-order chi connectivity index (χ1) is 8.51. The molecular weight excluding hydrogens is 220 g/mol. The highest BCUT2D eigenvalue weighted by Gasteiger charge is 2.44. The van der Waals surface area contributed by atoms with Crippen molar-refractivity contribution in [3.8, 4) is 0 Å². The Morgan fingerprint density at radius 3 is 2.28 bits per heavy atom. The van der Waals surface area contributed by atoms with E-state index in [1.165, 1.54) is 51.6 Å². The van der Waals surface area contributed by atoms with Crippen LogP contribution in [0, 0.1) is 5.92 Å². The zero-order chi connectivity index (χ0) is 13.2. The van der Waals surface area contributed by atoms with Crippen molar-refractivity contribution in [1.82, 2.24) is 10.2 Å². The highest BCUT2D eigenvalue weighted by Crippen LogP contribution is 2.36. The summed E-state index contributed by atoms with van der Waals surface area (Å²) in [6.45, 7) is 13.2. The van der Waals surface area contributed by atoms with Crippen molar-refractivity contribution in [2.45, 2.75) is 77.3 Å². The molecule has 0 aromatic rings. The molecule has 1 heterocycles. The first-order valence-electron chi connectivity index (χ1n) is 8.01. The molecule has 0 amide bonds. The lowest BCUT2D eigenvalue weighted by Gasteiger charge is -2.52. The van der Waals surface area contributed by atoms with Gasteiger partial charge in [-0.25, -0.2) is 0 Å². The molecule has 0 bridgehead atoms. The second-order valence-electron chi connectivity index (χ2n) is 7.22. The lowest BCUT2D eigenvalue weighted by molar-refractivity contribution is 0.0153. The number of rotatable bonds is 4. The summed E-state index contributed by atoms with van der Waals surface area (Å²) in [5.74, 6) is 0.876. The Hall–Kier alpha value is -0.0800. The van der Waals surface area contributed by atoms with Crippen molar-refractivity contribution in [2.75, 3.05) is 19.6 Å². The standard InChI is InChI=1S/C16H32N2/c1-5-14(6-2)11-18-13-16(9-7-8-10-16)17-12-15(18,3)4/h14,17H,5-13H2,1-4H3. The Bertz CT molecular complexity index is 262. The third-order valence-electron chi connectivity index (χ3n) is 5.44. The molecule has 1 spiro atoms. The minimum Gasteiger partial charge on any atom is -0.308 e. The molecule has 106 valence electrons. The van der Waals surface area contributed by atoms with Gasteiger partial charge < -0.3 is 5.32 Å². The molecule has 0 unspecified atom stereocenters. The summed E-state index contributed by atoms with van der Waals surface area (Å²) in [4.78, 5) is 2.78. The number of nitrogens with one attached hydrogen (secondary N) is 1. The molecule has 2 nitrogen and oxygen atoms in total. The average molecular weight is 252 g/mol. The van der Waals surface area contributed by atoms with Gasteiger partial charge in [0.25, 0.3) is 0 Å². The summed E-state index contributed by atoms with van der Waals surface area (Å²) in [6, 6.07) is 0. The highest BCUT2D eigenvalue weighted by molar-refractivity contribution is 5.04. The van der Waals surface area contributed by atoms with E-state index >= 15 is 0 Å². The lowest BCUT2D eigenvalue weighted by atomic mass is 9.86. The van der Waals surface area contributed by atoms with Crippen LogP contribution in [-0.4, -0.2) is 35.6 Å². The van der Waals surface area contributed by atoms with Gasteiger partial charge in [-0.15, -0.1) is 0 Å². The molecule has 1 aliphatic heterocycles. The third-order valence-corrected chi connectivity index (χ3v) is 5.44. The van der Waals surface area contributed by atoms with Crippen molar-refractivity contribution in [1.29, 1.82) is 0 Å². The Morgan fingerprint density at radius 2 is 1.72 bits per heavy atom. The van der Waals surface area contributed by atoms with Crippen molar-refractivity contribution in [3.05, 3.63) is 0 Å². The summed E-state index contributed by atoms with van der Waals surface area (Å²) >= 11 is 0. The summed E-state index contributed by atoms with van der Waals surface area (Å²) < 4.78 is 0. The number of hydrogen-bond acceptors (Lipinski definition) is 2. The van der Waals surface area contributed by atoms with E-state index in [1.54, 1.807) is 0 Å².